The van der Waals surface area contributed by atoms with Gasteiger partial charge in [-0.05, 0) is 18.6 Å². The molecule has 0 unspecified atom stereocenters. The van der Waals surface area contributed by atoms with Crippen molar-refractivity contribution in [3.8, 4) is 0 Å². The lowest BCUT2D eigenvalue weighted by molar-refractivity contribution is -0.122. The van der Waals surface area contributed by atoms with Crippen LogP contribution in [0.1, 0.15) is 17.5 Å². The Bertz CT molecular complexity index is 1230. The summed E-state index contributed by atoms with van der Waals surface area (Å²) in [7, 11) is 0. The lowest BCUT2D eigenvalue weighted by Gasteiger charge is -2.06. The third-order valence-corrected chi connectivity index (χ3v) is 5.25. The van der Waals surface area contributed by atoms with Gasteiger partial charge in [-0.25, -0.2) is 4.98 Å². The molecule has 0 bridgehead atoms. The molecule has 5 rings (SSSR count). The van der Waals surface area contributed by atoms with Crippen molar-refractivity contribution in [2.45, 2.75) is 19.5 Å². The molecule has 29 heavy (non-hydrogen) atoms. The number of benzene rings is 1. The minimum absolute atomic E-state index is 0.354. The van der Waals surface area contributed by atoms with E-state index in [1.807, 2.05) is 47.6 Å². The number of rotatable bonds is 6. The summed E-state index contributed by atoms with van der Waals surface area (Å²) in [5, 5.41) is 3.42. The third kappa shape index (κ3) is 2.97. The van der Waals surface area contributed by atoms with Gasteiger partial charge in [0.2, 0.25) is 0 Å². The molecule has 0 fully saturated rings. The first kappa shape index (κ1) is 17.2. The molecule has 0 radical (unpaired) electrons. The summed E-state index contributed by atoms with van der Waals surface area (Å²) < 4.78 is 4.20. The Kier molecular flexibility index (Phi) is 4.13. The summed E-state index contributed by atoms with van der Waals surface area (Å²) in [6.45, 7) is 1.65. The van der Waals surface area contributed by atoms with Crippen LogP contribution in [-0.4, -0.2) is 30.9 Å². The summed E-state index contributed by atoms with van der Waals surface area (Å²) in [5.41, 5.74) is 3.38. The maximum absolute atomic E-state index is 12.7. The van der Waals surface area contributed by atoms with Crippen LogP contribution < -0.4 is 5.32 Å². The number of imidazole rings is 1. The van der Waals surface area contributed by atoms with Gasteiger partial charge in [-0.15, -0.1) is 0 Å². The zero-order valence-electron chi connectivity index (χ0n) is 15.6. The number of carbonyl (C=O) groups excluding carboxylic acids is 2. The van der Waals surface area contributed by atoms with Crippen LogP contribution in [0, 0.1) is 0 Å². The van der Waals surface area contributed by atoms with E-state index in [1.54, 1.807) is 24.7 Å². The van der Waals surface area contributed by atoms with Gasteiger partial charge in [-0.1, -0.05) is 18.2 Å². The van der Waals surface area contributed by atoms with E-state index in [1.165, 1.54) is 0 Å². The molecule has 2 N–H and O–H groups in total. The second-order valence-corrected chi connectivity index (χ2v) is 7.04. The molecule has 144 valence electrons. The standard InChI is InChI=1S/C22H19N5O2/c28-21-19(15-6-7-23-12-15)20(22(29)25-21)17-13-27(18-5-2-1-4-16(17)18)10-3-9-26-11-8-24-14-26/h1-2,4-8,11-14,23H,3,9-10H2,(H,25,28,29). The highest BCUT2D eigenvalue weighted by atomic mass is 16.2. The number of hydrogen-bond donors (Lipinski definition) is 2. The zero-order chi connectivity index (χ0) is 19.8. The van der Waals surface area contributed by atoms with E-state index in [2.05, 4.69) is 19.9 Å². The van der Waals surface area contributed by atoms with Gasteiger partial charge in [0, 0.05) is 66.1 Å². The average Bonchev–Trinajstić information content (AvgIpc) is 3.50. The van der Waals surface area contributed by atoms with Crippen molar-refractivity contribution in [3.05, 3.63) is 78.8 Å². The van der Waals surface area contributed by atoms with Crippen molar-refractivity contribution in [1.29, 1.82) is 0 Å². The van der Waals surface area contributed by atoms with Crippen molar-refractivity contribution < 1.29 is 9.59 Å². The van der Waals surface area contributed by atoms with Crippen LogP contribution in [0.15, 0.2) is 67.6 Å². The smallest absolute Gasteiger partial charge is 0.259 e. The predicted octanol–water partition coefficient (Wildman–Crippen LogP) is 2.82. The minimum atomic E-state index is -0.360. The number of para-hydroxylation sites is 1. The van der Waals surface area contributed by atoms with Crippen LogP contribution in [0.2, 0.25) is 0 Å². The average molecular weight is 385 g/mol. The van der Waals surface area contributed by atoms with Gasteiger partial charge < -0.3 is 14.1 Å². The van der Waals surface area contributed by atoms with Gasteiger partial charge >= 0.3 is 0 Å². The van der Waals surface area contributed by atoms with Gasteiger partial charge in [0.15, 0.2) is 0 Å². The molecule has 1 aromatic carbocycles. The summed E-state index contributed by atoms with van der Waals surface area (Å²) in [4.78, 5) is 32.2. The van der Waals surface area contributed by atoms with Gasteiger partial charge in [0.05, 0.1) is 17.5 Å². The number of hydrogen-bond acceptors (Lipinski definition) is 3. The van der Waals surface area contributed by atoms with Crippen LogP contribution in [0.25, 0.3) is 22.0 Å². The summed E-state index contributed by atoms with van der Waals surface area (Å²) in [5.74, 6) is -0.714. The van der Waals surface area contributed by atoms with Gasteiger partial charge in [0.25, 0.3) is 11.8 Å². The highest BCUT2D eigenvalue weighted by Crippen LogP contribution is 2.35. The van der Waals surface area contributed by atoms with E-state index < -0.39 is 0 Å². The lowest BCUT2D eigenvalue weighted by atomic mass is 9.97. The molecule has 0 atom stereocenters. The fraction of sp³-hybridized carbons (Fsp3) is 0.136. The highest BCUT2D eigenvalue weighted by molar-refractivity contribution is 6.50. The molecule has 2 amide bonds. The van der Waals surface area contributed by atoms with Crippen LogP contribution in [-0.2, 0) is 22.7 Å². The molecule has 1 aliphatic rings. The first-order valence-corrected chi connectivity index (χ1v) is 9.49. The van der Waals surface area contributed by atoms with Crippen molar-refractivity contribution in [2.24, 2.45) is 0 Å². The van der Waals surface area contributed by atoms with Gasteiger partial charge in [0.1, 0.15) is 0 Å². The molecule has 0 saturated carbocycles. The topological polar surface area (TPSA) is 84.7 Å². The molecular formula is C22H19N5O2. The van der Waals surface area contributed by atoms with E-state index in [-0.39, 0.29) is 11.8 Å². The van der Waals surface area contributed by atoms with Gasteiger partial charge in [-0.3, -0.25) is 14.9 Å². The zero-order valence-corrected chi connectivity index (χ0v) is 15.6. The third-order valence-electron chi connectivity index (χ3n) is 5.25. The van der Waals surface area contributed by atoms with Crippen LogP contribution >= 0.6 is 0 Å². The fourth-order valence-corrected chi connectivity index (χ4v) is 3.94. The van der Waals surface area contributed by atoms with Crippen molar-refractivity contribution in [1.82, 2.24) is 24.4 Å². The van der Waals surface area contributed by atoms with Crippen molar-refractivity contribution in [2.75, 3.05) is 0 Å². The number of carbonyl (C=O) groups is 2. The molecule has 1 aliphatic heterocycles. The molecule has 0 saturated heterocycles. The first-order valence-electron chi connectivity index (χ1n) is 9.49. The van der Waals surface area contributed by atoms with Crippen molar-refractivity contribution >= 4 is 33.9 Å². The van der Waals surface area contributed by atoms with E-state index in [0.717, 1.165) is 36.0 Å². The normalized spacial score (nSPS) is 14.2. The maximum atomic E-state index is 12.7. The highest BCUT2D eigenvalue weighted by Gasteiger charge is 2.33. The fourth-order valence-electron chi connectivity index (χ4n) is 3.94. The van der Waals surface area contributed by atoms with E-state index in [9.17, 15) is 9.59 Å². The molecular weight excluding hydrogens is 366 g/mol. The Labute approximate surface area is 166 Å². The largest absolute Gasteiger partial charge is 0.367 e. The number of aryl methyl sites for hydroxylation is 2. The second kappa shape index (κ2) is 6.94. The lowest BCUT2D eigenvalue weighted by Crippen LogP contribution is -2.22. The summed E-state index contributed by atoms with van der Waals surface area (Å²) in [6.07, 6.45) is 11.9. The van der Waals surface area contributed by atoms with Crippen LogP contribution in [0.4, 0.5) is 0 Å². The van der Waals surface area contributed by atoms with E-state index in [4.69, 9.17) is 0 Å². The van der Waals surface area contributed by atoms with Crippen LogP contribution in [0.3, 0.4) is 0 Å². The number of aromatic nitrogens is 4. The number of amides is 2. The minimum Gasteiger partial charge on any atom is -0.367 e. The van der Waals surface area contributed by atoms with Gasteiger partial charge in [-0.2, -0.15) is 0 Å². The van der Waals surface area contributed by atoms with Crippen LogP contribution in [0.5, 0.6) is 0 Å². The quantitative estimate of drug-likeness (QED) is 0.501. The van der Waals surface area contributed by atoms with Crippen molar-refractivity contribution in [3.63, 3.8) is 0 Å². The molecule has 0 aliphatic carbocycles. The van der Waals surface area contributed by atoms with E-state index in [0.29, 0.717) is 16.7 Å². The molecule has 3 aromatic heterocycles. The monoisotopic (exact) mass is 385 g/mol. The molecule has 4 aromatic rings. The SMILES string of the molecule is O=C1NC(=O)C(c2cn(CCCn3ccnc3)c3ccccc23)=C1c1cc[nH]c1. The summed E-state index contributed by atoms with van der Waals surface area (Å²) >= 11 is 0. The summed E-state index contributed by atoms with van der Waals surface area (Å²) in [6, 6.07) is 9.78. The Morgan fingerprint density at radius 2 is 1.86 bits per heavy atom. The van der Waals surface area contributed by atoms with E-state index >= 15 is 0 Å². The maximum Gasteiger partial charge on any atom is 0.259 e. The molecule has 7 nitrogen and oxygen atoms in total. The Hall–Kier alpha value is -3.87. The molecule has 0 spiro atoms. The first-order chi connectivity index (χ1) is 14.2. The molecule has 7 heteroatoms. The number of fused-ring (bicyclic) bond motifs is 1. The Morgan fingerprint density at radius 3 is 2.66 bits per heavy atom. The number of aromatic amines is 1. The number of nitrogens with zero attached hydrogens (tertiary/aromatic N) is 3. The second-order valence-electron chi connectivity index (χ2n) is 7.04. The number of imide groups is 1. The predicted molar refractivity (Wildman–Crippen MR) is 110 cm³/mol. The molecule has 4 heterocycles. The Morgan fingerprint density at radius 1 is 1.00 bits per heavy atom. The number of nitrogens with one attached hydrogen (secondary N) is 2. The number of H-pyrrole nitrogens is 1. The Balaban J connectivity index is 1.58.